The number of aromatic nitrogens is 1. The fourth-order valence-corrected chi connectivity index (χ4v) is 3.61. The molecule has 0 fully saturated rings. The molecule has 1 aromatic carbocycles. The summed E-state index contributed by atoms with van der Waals surface area (Å²) >= 11 is 1.60. The molecule has 2 heterocycles. The van der Waals surface area contributed by atoms with Gasteiger partial charge in [-0.15, -0.1) is 11.3 Å². The van der Waals surface area contributed by atoms with Crippen LogP contribution in [0.3, 0.4) is 0 Å². The normalized spacial score (nSPS) is 16.9. The Hall–Kier alpha value is -2.08. The molecule has 2 aromatic rings. The first-order valence-corrected chi connectivity index (χ1v) is 8.95. The van der Waals surface area contributed by atoms with Gasteiger partial charge in [-0.1, -0.05) is 18.2 Å². The number of rotatable bonds is 4. The third-order valence-corrected chi connectivity index (χ3v) is 5.33. The summed E-state index contributed by atoms with van der Waals surface area (Å²) < 4.78 is 5.76. The van der Waals surface area contributed by atoms with Crippen LogP contribution in [-0.4, -0.2) is 24.2 Å². The minimum absolute atomic E-state index is 0.174. The van der Waals surface area contributed by atoms with E-state index in [0.29, 0.717) is 13.2 Å². The van der Waals surface area contributed by atoms with Crippen molar-refractivity contribution >= 4 is 17.4 Å². The molecule has 2 N–H and O–H groups in total. The average molecular weight is 345 g/mol. The van der Waals surface area contributed by atoms with Crippen molar-refractivity contribution in [1.29, 1.82) is 0 Å². The third-order valence-electron chi connectivity index (χ3n) is 4.09. The molecule has 0 spiro atoms. The monoisotopic (exact) mass is 345 g/mol. The molecule has 0 bridgehead atoms. The van der Waals surface area contributed by atoms with E-state index >= 15 is 0 Å². The van der Waals surface area contributed by atoms with E-state index in [1.807, 2.05) is 45.2 Å². The molecule has 0 radical (unpaired) electrons. The lowest BCUT2D eigenvalue weighted by atomic mass is 9.97. The highest BCUT2D eigenvalue weighted by Crippen LogP contribution is 2.27. The maximum absolute atomic E-state index is 12.2. The first-order valence-electron chi connectivity index (χ1n) is 8.13. The Morgan fingerprint density at radius 1 is 1.42 bits per heavy atom. The van der Waals surface area contributed by atoms with Crippen LogP contribution in [0.1, 0.15) is 29.3 Å². The lowest BCUT2D eigenvalue weighted by Gasteiger charge is -2.27. The van der Waals surface area contributed by atoms with Crippen LogP contribution < -0.4 is 15.4 Å². The topological polar surface area (TPSA) is 63.2 Å². The predicted octanol–water partition coefficient (Wildman–Crippen LogP) is 3.24. The fourth-order valence-electron chi connectivity index (χ4n) is 2.78. The maximum Gasteiger partial charge on any atom is 0.315 e. The third kappa shape index (κ3) is 3.87. The van der Waals surface area contributed by atoms with Crippen molar-refractivity contribution in [2.75, 3.05) is 13.2 Å². The average Bonchev–Trinajstić information content (AvgIpc) is 3.00. The van der Waals surface area contributed by atoms with E-state index in [4.69, 9.17) is 4.74 Å². The molecule has 1 atom stereocenters. The summed E-state index contributed by atoms with van der Waals surface area (Å²) in [5, 5.41) is 6.87. The van der Waals surface area contributed by atoms with Crippen molar-refractivity contribution in [3.63, 3.8) is 0 Å². The molecule has 3 rings (SSSR count). The molecule has 128 valence electrons. The van der Waals surface area contributed by atoms with Crippen molar-refractivity contribution in [1.82, 2.24) is 15.6 Å². The van der Waals surface area contributed by atoms with Crippen LogP contribution in [0.4, 0.5) is 4.79 Å². The first-order chi connectivity index (χ1) is 11.4. The smallest absolute Gasteiger partial charge is 0.315 e. The number of carbonyl (C=O) groups is 1. The standard InChI is InChI=1S/C18H23N3O2S/c1-12-9-19-16(24-12)18(2,3)21-17(22)20-10-13-8-14-6-4-5-7-15(14)23-11-13/h4-7,9,13H,8,10-11H2,1-3H3,(H2,20,21,22)/t13-/m1/s1. The van der Waals surface area contributed by atoms with Gasteiger partial charge in [0.2, 0.25) is 0 Å². The quantitative estimate of drug-likeness (QED) is 0.894. The van der Waals surface area contributed by atoms with Crippen molar-refractivity contribution in [2.24, 2.45) is 5.92 Å². The zero-order valence-electron chi connectivity index (χ0n) is 14.3. The van der Waals surface area contributed by atoms with Crippen LogP contribution in [-0.2, 0) is 12.0 Å². The zero-order valence-corrected chi connectivity index (χ0v) is 15.1. The number of hydrogen-bond acceptors (Lipinski definition) is 4. The number of para-hydroxylation sites is 1. The summed E-state index contributed by atoms with van der Waals surface area (Å²) in [7, 11) is 0. The van der Waals surface area contributed by atoms with Gasteiger partial charge in [-0.3, -0.25) is 0 Å². The van der Waals surface area contributed by atoms with E-state index in [2.05, 4.69) is 21.7 Å². The highest BCUT2D eigenvalue weighted by molar-refractivity contribution is 7.11. The van der Waals surface area contributed by atoms with Crippen molar-refractivity contribution in [2.45, 2.75) is 32.7 Å². The molecule has 24 heavy (non-hydrogen) atoms. The zero-order chi connectivity index (χ0) is 17.2. The minimum Gasteiger partial charge on any atom is -0.493 e. The molecule has 0 unspecified atom stereocenters. The van der Waals surface area contributed by atoms with E-state index < -0.39 is 5.54 Å². The molecule has 6 heteroatoms. The van der Waals surface area contributed by atoms with Crippen LogP contribution in [0.2, 0.25) is 0 Å². The Labute approximate surface area is 146 Å². The van der Waals surface area contributed by atoms with Crippen LogP contribution in [0, 0.1) is 12.8 Å². The summed E-state index contributed by atoms with van der Waals surface area (Å²) in [5.41, 5.74) is 0.716. The van der Waals surface area contributed by atoms with E-state index in [1.165, 1.54) is 5.56 Å². The number of urea groups is 1. The van der Waals surface area contributed by atoms with Gasteiger partial charge >= 0.3 is 6.03 Å². The minimum atomic E-state index is -0.487. The Morgan fingerprint density at radius 3 is 2.96 bits per heavy atom. The Bertz CT molecular complexity index is 727. The second-order valence-corrected chi connectivity index (χ2v) is 7.96. The second-order valence-electron chi connectivity index (χ2n) is 6.72. The summed E-state index contributed by atoms with van der Waals surface area (Å²) in [4.78, 5) is 17.7. The molecule has 1 aliphatic heterocycles. The molecule has 0 saturated heterocycles. The highest BCUT2D eigenvalue weighted by atomic mass is 32.1. The van der Waals surface area contributed by atoms with Gasteiger partial charge in [0.05, 0.1) is 12.1 Å². The number of thiazole rings is 1. The van der Waals surface area contributed by atoms with Gasteiger partial charge < -0.3 is 15.4 Å². The predicted molar refractivity (Wildman–Crippen MR) is 95.5 cm³/mol. The summed E-state index contributed by atoms with van der Waals surface area (Å²) in [6.45, 7) is 7.16. The Kier molecular flexibility index (Phi) is 4.76. The number of fused-ring (bicyclic) bond motifs is 1. The van der Waals surface area contributed by atoms with Crippen LogP contribution in [0.25, 0.3) is 0 Å². The van der Waals surface area contributed by atoms with Gasteiger partial charge in [0, 0.05) is 23.5 Å². The number of hydrogen-bond donors (Lipinski definition) is 2. The lowest BCUT2D eigenvalue weighted by Crippen LogP contribution is -2.48. The largest absolute Gasteiger partial charge is 0.493 e. The van der Waals surface area contributed by atoms with Crippen LogP contribution >= 0.6 is 11.3 Å². The maximum atomic E-state index is 12.2. The number of nitrogens with one attached hydrogen (secondary N) is 2. The van der Waals surface area contributed by atoms with Gasteiger partial charge in [-0.05, 0) is 38.8 Å². The number of nitrogens with zero attached hydrogens (tertiary/aromatic N) is 1. The van der Waals surface area contributed by atoms with E-state index in [-0.39, 0.29) is 11.9 Å². The van der Waals surface area contributed by atoms with E-state index in [0.717, 1.165) is 22.1 Å². The molecule has 5 nitrogen and oxygen atoms in total. The second kappa shape index (κ2) is 6.81. The number of benzene rings is 1. The summed E-state index contributed by atoms with van der Waals surface area (Å²) in [6, 6.07) is 7.89. The summed E-state index contributed by atoms with van der Waals surface area (Å²) in [6.07, 6.45) is 2.75. The van der Waals surface area contributed by atoms with Crippen LogP contribution in [0.15, 0.2) is 30.5 Å². The summed E-state index contributed by atoms with van der Waals surface area (Å²) in [5.74, 6) is 1.24. The molecule has 1 aromatic heterocycles. The number of carbonyl (C=O) groups excluding carboxylic acids is 1. The number of ether oxygens (including phenoxy) is 1. The Balaban J connectivity index is 1.51. The fraction of sp³-hybridized carbons (Fsp3) is 0.444. The Morgan fingerprint density at radius 2 is 2.21 bits per heavy atom. The van der Waals surface area contributed by atoms with E-state index in [9.17, 15) is 4.79 Å². The molecule has 0 aliphatic carbocycles. The van der Waals surface area contributed by atoms with Crippen LogP contribution in [0.5, 0.6) is 5.75 Å². The molecule has 2 amide bonds. The molecular weight excluding hydrogens is 322 g/mol. The SMILES string of the molecule is Cc1cnc(C(C)(C)NC(=O)NC[C@@H]2COc3ccccc3C2)s1. The number of amides is 2. The van der Waals surface area contributed by atoms with Gasteiger partial charge in [0.15, 0.2) is 0 Å². The van der Waals surface area contributed by atoms with Gasteiger partial charge in [-0.25, -0.2) is 9.78 Å². The van der Waals surface area contributed by atoms with Crippen molar-refractivity contribution in [3.8, 4) is 5.75 Å². The highest BCUT2D eigenvalue weighted by Gasteiger charge is 2.27. The number of aryl methyl sites for hydroxylation is 1. The van der Waals surface area contributed by atoms with Crippen molar-refractivity contribution < 1.29 is 9.53 Å². The van der Waals surface area contributed by atoms with Crippen molar-refractivity contribution in [3.05, 3.63) is 45.9 Å². The van der Waals surface area contributed by atoms with E-state index in [1.54, 1.807) is 11.3 Å². The van der Waals surface area contributed by atoms with Gasteiger partial charge in [-0.2, -0.15) is 0 Å². The molecular formula is C18H23N3O2S. The lowest BCUT2D eigenvalue weighted by molar-refractivity contribution is 0.207. The first kappa shape index (κ1) is 16.8. The molecule has 0 saturated carbocycles. The van der Waals surface area contributed by atoms with Gasteiger partial charge in [0.25, 0.3) is 0 Å². The molecule has 1 aliphatic rings. The van der Waals surface area contributed by atoms with Gasteiger partial charge in [0.1, 0.15) is 10.8 Å².